The molecule has 0 radical (unpaired) electrons. The second kappa shape index (κ2) is 5.85. The smallest absolute Gasteiger partial charge is 0.0406 e. The van der Waals surface area contributed by atoms with E-state index >= 15 is 0 Å². The monoisotopic (exact) mass is 252 g/mol. The van der Waals surface area contributed by atoms with Crippen LogP contribution in [-0.4, -0.2) is 31.6 Å². The Morgan fingerprint density at radius 1 is 1.41 bits per heavy atom. The fraction of sp³-hybridized carbons (Fsp3) is 0.571. The number of hydrogen-bond acceptors (Lipinski definition) is 2. The molecule has 0 amide bonds. The second-order valence-electron chi connectivity index (χ2n) is 5.10. The molecule has 0 bridgehead atoms. The SMILES string of the molecule is CC(NCC1CCN(C)C1)c1ccc(Cl)cc1. The van der Waals surface area contributed by atoms with Crippen molar-refractivity contribution in [1.82, 2.24) is 10.2 Å². The molecule has 1 heterocycles. The van der Waals surface area contributed by atoms with Crippen LogP contribution in [0.25, 0.3) is 0 Å². The fourth-order valence-electron chi connectivity index (χ4n) is 2.41. The Kier molecular flexibility index (Phi) is 4.43. The van der Waals surface area contributed by atoms with Crippen molar-refractivity contribution in [2.45, 2.75) is 19.4 Å². The molecule has 0 saturated carbocycles. The lowest BCUT2D eigenvalue weighted by Crippen LogP contribution is -2.27. The lowest BCUT2D eigenvalue weighted by Gasteiger charge is -2.17. The van der Waals surface area contributed by atoms with E-state index in [4.69, 9.17) is 11.6 Å². The van der Waals surface area contributed by atoms with Crippen LogP contribution in [0.5, 0.6) is 0 Å². The van der Waals surface area contributed by atoms with Crippen molar-refractivity contribution in [2.24, 2.45) is 5.92 Å². The highest BCUT2D eigenvalue weighted by atomic mass is 35.5. The molecule has 1 aliphatic heterocycles. The normalized spacial score (nSPS) is 22.9. The van der Waals surface area contributed by atoms with Crippen LogP contribution in [-0.2, 0) is 0 Å². The van der Waals surface area contributed by atoms with Gasteiger partial charge in [-0.2, -0.15) is 0 Å². The van der Waals surface area contributed by atoms with Gasteiger partial charge in [-0.3, -0.25) is 0 Å². The van der Waals surface area contributed by atoms with Crippen molar-refractivity contribution in [1.29, 1.82) is 0 Å². The fourth-order valence-corrected chi connectivity index (χ4v) is 2.53. The number of nitrogens with zero attached hydrogens (tertiary/aromatic N) is 1. The number of halogens is 1. The highest BCUT2D eigenvalue weighted by molar-refractivity contribution is 6.30. The minimum atomic E-state index is 0.401. The minimum absolute atomic E-state index is 0.401. The summed E-state index contributed by atoms with van der Waals surface area (Å²) in [6, 6.07) is 8.51. The van der Waals surface area contributed by atoms with Crippen molar-refractivity contribution >= 4 is 11.6 Å². The summed E-state index contributed by atoms with van der Waals surface area (Å²) in [7, 11) is 2.20. The van der Waals surface area contributed by atoms with Crippen LogP contribution in [0.15, 0.2) is 24.3 Å². The van der Waals surface area contributed by atoms with E-state index in [2.05, 4.69) is 36.3 Å². The summed E-state index contributed by atoms with van der Waals surface area (Å²) < 4.78 is 0. The summed E-state index contributed by atoms with van der Waals surface area (Å²) in [6.07, 6.45) is 1.32. The second-order valence-corrected chi connectivity index (χ2v) is 5.53. The molecular weight excluding hydrogens is 232 g/mol. The highest BCUT2D eigenvalue weighted by Crippen LogP contribution is 2.18. The number of nitrogens with one attached hydrogen (secondary N) is 1. The molecule has 3 heteroatoms. The van der Waals surface area contributed by atoms with Crippen LogP contribution in [0.4, 0.5) is 0 Å². The lowest BCUT2D eigenvalue weighted by molar-refractivity contribution is 0.382. The van der Waals surface area contributed by atoms with Crippen molar-refractivity contribution in [2.75, 3.05) is 26.7 Å². The first-order valence-corrected chi connectivity index (χ1v) is 6.70. The zero-order valence-electron chi connectivity index (χ0n) is 10.6. The Bertz CT molecular complexity index is 350. The molecule has 0 aliphatic carbocycles. The highest BCUT2D eigenvalue weighted by Gasteiger charge is 2.19. The molecule has 0 aromatic heterocycles. The van der Waals surface area contributed by atoms with Crippen LogP contribution >= 0.6 is 11.6 Å². The average molecular weight is 253 g/mol. The maximum atomic E-state index is 5.89. The molecule has 0 spiro atoms. The van der Waals surface area contributed by atoms with E-state index in [1.165, 1.54) is 25.1 Å². The lowest BCUT2D eigenvalue weighted by atomic mass is 10.1. The predicted octanol–water partition coefficient (Wildman–Crippen LogP) is 2.94. The molecule has 1 N–H and O–H groups in total. The van der Waals surface area contributed by atoms with Crippen molar-refractivity contribution in [3.8, 4) is 0 Å². The number of benzene rings is 1. The molecule has 17 heavy (non-hydrogen) atoms. The summed E-state index contributed by atoms with van der Waals surface area (Å²) in [6.45, 7) is 5.78. The Balaban J connectivity index is 1.81. The molecule has 1 aromatic rings. The Hall–Kier alpha value is -0.570. The van der Waals surface area contributed by atoms with E-state index in [9.17, 15) is 0 Å². The minimum Gasteiger partial charge on any atom is -0.310 e. The van der Waals surface area contributed by atoms with Gasteiger partial charge >= 0.3 is 0 Å². The third-order valence-electron chi connectivity index (χ3n) is 3.57. The van der Waals surface area contributed by atoms with Crippen molar-refractivity contribution in [3.63, 3.8) is 0 Å². The topological polar surface area (TPSA) is 15.3 Å². The Morgan fingerprint density at radius 2 is 2.12 bits per heavy atom. The van der Waals surface area contributed by atoms with Crippen molar-refractivity contribution in [3.05, 3.63) is 34.9 Å². The van der Waals surface area contributed by atoms with Crippen molar-refractivity contribution < 1.29 is 0 Å². The van der Waals surface area contributed by atoms with Gasteiger partial charge in [-0.05, 0) is 57.1 Å². The van der Waals surface area contributed by atoms with E-state index in [0.29, 0.717) is 6.04 Å². The average Bonchev–Trinajstić information content (AvgIpc) is 2.73. The number of rotatable bonds is 4. The van der Waals surface area contributed by atoms with Gasteiger partial charge in [-0.25, -0.2) is 0 Å². The van der Waals surface area contributed by atoms with Crippen LogP contribution in [0, 0.1) is 5.92 Å². The summed E-state index contributed by atoms with van der Waals surface area (Å²) in [5.74, 6) is 0.801. The van der Waals surface area contributed by atoms with Gasteiger partial charge in [0.05, 0.1) is 0 Å². The summed E-state index contributed by atoms with van der Waals surface area (Å²) in [5, 5.41) is 4.42. The standard InChI is InChI=1S/C14H21ClN2/c1-11(13-3-5-14(15)6-4-13)16-9-12-7-8-17(2)10-12/h3-6,11-12,16H,7-10H2,1-2H3. The van der Waals surface area contributed by atoms with Crippen LogP contribution in [0.2, 0.25) is 5.02 Å². The van der Waals surface area contributed by atoms with Gasteiger partial charge in [0.1, 0.15) is 0 Å². The van der Waals surface area contributed by atoms with Gasteiger partial charge < -0.3 is 10.2 Å². The maximum absolute atomic E-state index is 5.89. The quantitative estimate of drug-likeness (QED) is 0.887. The van der Waals surface area contributed by atoms with E-state index < -0.39 is 0 Å². The molecule has 1 aromatic carbocycles. The molecule has 2 rings (SSSR count). The van der Waals surface area contributed by atoms with Gasteiger partial charge in [-0.15, -0.1) is 0 Å². The molecule has 1 aliphatic rings. The Morgan fingerprint density at radius 3 is 2.71 bits per heavy atom. The zero-order valence-corrected chi connectivity index (χ0v) is 11.4. The summed E-state index contributed by atoms with van der Waals surface area (Å²) >= 11 is 5.89. The first kappa shape index (κ1) is 12.9. The molecule has 2 atom stereocenters. The van der Waals surface area contributed by atoms with E-state index in [1.807, 2.05) is 12.1 Å². The van der Waals surface area contributed by atoms with Gasteiger partial charge in [0.25, 0.3) is 0 Å². The zero-order chi connectivity index (χ0) is 12.3. The third kappa shape index (κ3) is 3.70. The van der Waals surface area contributed by atoms with Crippen LogP contribution in [0.1, 0.15) is 24.9 Å². The first-order chi connectivity index (χ1) is 8.15. The molecule has 1 saturated heterocycles. The molecule has 2 unspecified atom stereocenters. The summed E-state index contributed by atoms with van der Waals surface area (Å²) in [4.78, 5) is 2.40. The third-order valence-corrected chi connectivity index (χ3v) is 3.82. The van der Waals surface area contributed by atoms with Crippen LogP contribution in [0.3, 0.4) is 0 Å². The summed E-state index contributed by atoms with van der Waals surface area (Å²) in [5.41, 5.74) is 1.31. The van der Waals surface area contributed by atoms with Gasteiger partial charge in [0, 0.05) is 17.6 Å². The van der Waals surface area contributed by atoms with E-state index in [0.717, 1.165) is 17.5 Å². The van der Waals surface area contributed by atoms with Crippen LogP contribution < -0.4 is 5.32 Å². The largest absolute Gasteiger partial charge is 0.310 e. The molecule has 2 nitrogen and oxygen atoms in total. The van der Waals surface area contributed by atoms with Gasteiger partial charge in [-0.1, -0.05) is 23.7 Å². The number of likely N-dealkylation sites (tertiary alicyclic amines) is 1. The predicted molar refractivity (Wildman–Crippen MR) is 73.5 cm³/mol. The molecule has 94 valence electrons. The first-order valence-electron chi connectivity index (χ1n) is 6.32. The Labute approximate surface area is 109 Å². The van der Waals surface area contributed by atoms with E-state index in [-0.39, 0.29) is 0 Å². The van der Waals surface area contributed by atoms with E-state index in [1.54, 1.807) is 0 Å². The van der Waals surface area contributed by atoms with Gasteiger partial charge in [0.15, 0.2) is 0 Å². The number of hydrogen-bond donors (Lipinski definition) is 1. The molecular formula is C14H21ClN2. The molecule has 1 fully saturated rings. The maximum Gasteiger partial charge on any atom is 0.0406 e. The van der Waals surface area contributed by atoms with Gasteiger partial charge in [0.2, 0.25) is 0 Å².